The highest BCUT2D eigenvalue weighted by Crippen LogP contribution is 2.32. The van der Waals surface area contributed by atoms with Gasteiger partial charge in [-0.15, -0.1) is 0 Å². The van der Waals surface area contributed by atoms with Crippen LogP contribution in [0.2, 0.25) is 0 Å². The zero-order valence-corrected chi connectivity index (χ0v) is 14.0. The van der Waals surface area contributed by atoms with E-state index in [1.165, 1.54) is 19.5 Å². The SMILES string of the molecule is COc1cc(NC(=O)N[C@@H](c2ccccc2)C(C)(C)CO)ncn1. The van der Waals surface area contributed by atoms with Crippen LogP contribution in [0.3, 0.4) is 0 Å². The Morgan fingerprint density at radius 3 is 2.62 bits per heavy atom. The summed E-state index contributed by atoms with van der Waals surface area (Å²) in [5.74, 6) is 0.684. The van der Waals surface area contributed by atoms with Crippen LogP contribution in [-0.2, 0) is 0 Å². The van der Waals surface area contributed by atoms with E-state index < -0.39 is 11.4 Å². The smallest absolute Gasteiger partial charge is 0.320 e. The van der Waals surface area contributed by atoms with E-state index in [9.17, 15) is 9.90 Å². The third kappa shape index (κ3) is 4.42. The molecule has 0 saturated carbocycles. The summed E-state index contributed by atoms with van der Waals surface area (Å²) in [4.78, 5) is 20.2. The number of amides is 2. The van der Waals surface area contributed by atoms with Crippen LogP contribution >= 0.6 is 0 Å². The van der Waals surface area contributed by atoms with Gasteiger partial charge in [-0.05, 0) is 5.56 Å². The van der Waals surface area contributed by atoms with Crippen LogP contribution in [0, 0.1) is 5.41 Å². The van der Waals surface area contributed by atoms with Gasteiger partial charge in [0.05, 0.1) is 19.8 Å². The van der Waals surface area contributed by atoms with Gasteiger partial charge in [0, 0.05) is 11.5 Å². The fraction of sp³-hybridized carbons (Fsp3) is 0.353. The van der Waals surface area contributed by atoms with E-state index in [1.54, 1.807) is 0 Å². The second-order valence-corrected chi connectivity index (χ2v) is 6.03. The van der Waals surface area contributed by atoms with E-state index in [2.05, 4.69) is 20.6 Å². The van der Waals surface area contributed by atoms with Crippen LogP contribution in [0.5, 0.6) is 5.88 Å². The molecule has 0 saturated heterocycles. The quantitative estimate of drug-likeness (QED) is 0.755. The molecular weight excluding hydrogens is 308 g/mol. The first-order chi connectivity index (χ1) is 11.5. The maximum Gasteiger partial charge on any atom is 0.320 e. The average Bonchev–Trinajstić information content (AvgIpc) is 2.60. The van der Waals surface area contributed by atoms with Crippen molar-refractivity contribution >= 4 is 11.8 Å². The predicted molar refractivity (Wildman–Crippen MR) is 90.8 cm³/mol. The monoisotopic (exact) mass is 330 g/mol. The molecule has 7 heteroatoms. The van der Waals surface area contributed by atoms with Crippen molar-refractivity contribution in [1.29, 1.82) is 0 Å². The van der Waals surface area contributed by atoms with Gasteiger partial charge in [0.25, 0.3) is 0 Å². The summed E-state index contributed by atoms with van der Waals surface area (Å²) in [5, 5.41) is 15.2. The Balaban J connectivity index is 2.15. The van der Waals surface area contributed by atoms with Crippen LogP contribution in [0.15, 0.2) is 42.7 Å². The molecule has 3 N–H and O–H groups in total. The van der Waals surface area contributed by atoms with E-state index in [0.29, 0.717) is 11.7 Å². The van der Waals surface area contributed by atoms with Crippen molar-refractivity contribution in [3.63, 3.8) is 0 Å². The lowest BCUT2D eigenvalue weighted by molar-refractivity contribution is 0.119. The fourth-order valence-electron chi connectivity index (χ4n) is 2.27. The molecule has 24 heavy (non-hydrogen) atoms. The first-order valence-electron chi connectivity index (χ1n) is 7.55. The number of hydrogen-bond donors (Lipinski definition) is 3. The lowest BCUT2D eigenvalue weighted by atomic mass is 9.81. The molecule has 0 aliphatic rings. The van der Waals surface area contributed by atoms with E-state index in [0.717, 1.165) is 5.56 Å². The number of carbonyl (C=O) groups is 1. The van der Waals surface area contributed by atoms with Crippen molar-refractivity contribution in [3.8, 4) is 5.88 Å². The molecule has 0 aliphatic heterocycles. The van der Waals surface area contributed by atoms with Crippen LogP contribution in [0.1, 0.15) is 25.5 Å². The zero-order chi connectivity index (χ0) is 17.6. The largest absolute Gasteiger partial charge is 0.481 e. The lowest BCUT2D eigenvalue weighted by Crippen LogP contribution is -2.42. The summed E-state index contributed by atoms with van der Waals surface area (Å²) in [6.45, 7) is 3.70. The topological polar surface area (TPSA) is 96.4 Å². The molecule has 0 unspecified atom stereocenters. The van der Waals surface area contributed by atoms with E-state index >= 15 is 0 Å². The predicted octanol–water partition coefficient (Wildman–Crippen LogP) is 2.37. The van der Waals surface area contributed by atoms with Gasteiger partial charge in [-0.3, -0.25) is 5.32 Å². The summed E-state index contributed by atoms with van der Waals surface area (Å²) in [6, 6.07) is 10.2. The molecule has 0 aliphatic carbocycles. The minimum Gasteiger partial charge on any atom is -0.481 e. The standard InChI is InChI=1S/C17H22N4O3/c1-17(2,10-22)15(12-7-5-4-6-8-12)21-16(23)20-13-9-14(24-3)19-11-18-13/h4-9,11,15,22H,10H2,1-3H3,(H2,18,19,20,21,23)/t15-/m0/s1. The maximum atomic E-state index is 12.4. The van der Waals surface area contributed by atoms with Crippen LogP contribution < -0.4 is 15.4 Å². The first kappa shape index (κ1) is 17.7. The number of nitrogens with one attached hydrogen (secondary N) is 2. The zero-order valence-electron chi connectivity index (χ0n) is 14.0. The molecule has 0 bridgehead atoms. The molecule has 2 amide bonds. The van der Waals surface area contributed by atoms with Gasteiger partial charge in [0.1, 0.15) is 12.1 Å². The number of nitrogens with zero attached hydrogens (tertiary/aromatic N) is 2. The van der Waals surface area contributed by atoms with Crippen molar-refractivity contribution < 1.29 is 14.6 Å². The summed E-state index contributed by atoms with van der Waals surface area (Å²) in [6.07, 6.45) is 1.31. The molecule has 0 spiro atoms. The van der Waals surface area contributed by atoms with Crippen LogP contribution in [-0.4, -0.2) is 34.8 Å². The third-order valence-electron chi connectivity index (χ3n) is 3.69. The summed E-state index contributed by atoms with van der Waals surface area (Å²) in [7, 11) is 1.49. The van der Waals surface area contributed by atoms with Crippen molar-refractivity contribution in [2.45, 2.75) is 19.9 Å². The van der Waals surface area contributed by atoms with Gasteiger partial charge < -0.3 is 15.2 Å². The van der Waals surface area contributed by atoms with E-state index in [-0.39, 0.29) is 12.6 Å². The molecule has 0 fully saturated rings. The number of ether oxygens (including phenoxy) is 1. The highest BCUT2D eigenvalue weighted by Gasteiger charge is 2.31. The van der Waals surface area contributed by atoms with E-state index in [1.807, 2.05) is 44.2 Å². The normalized spacial score (nSPS) is 12.3. The van der Waals surface area contributed by atoms with Gasteiger partial charge in [-0.2, -0.15) is 0 Å². The maximum absolute atomic E-state index is 12.4. The number of methoxy groups -OCH3 is 1. The Hall–Kier alpha value is -2.67. The number of aliphatic hydroxyl groups excluding tert-OH is 1. The number of rotatable bonds is 6. The van der Waals surface area contributed by atoms with Crippen LogP contribution in [0.25, 0.3) is 0 Å². The van der Waals surface area contributed by atoms with Gasteiger partial charge in [0.2, 0.25) is 5.88 Å². The average molecular weight is 330 g/mol. The van der Waals surface area contributed by atoms with Crippen molar-refractivity contribution in [3.05, 3.63) is 48.3 Å². The minimum atomic E-state index is -0.540. The molecule has 0 radical (unpaired) electrons. The number of anilines is 1. The molecule has 7 nitrogen and oxygen atoms in total. The number of carbonyl (C=O) groups excluding carboxylic acids is 1. The molecule has 1 atom stereocenters. The Morgan fingerprint density at radius 1 is 1.29 bits per heavy atom. The highest BCUT2D eigenvalue weighted by atomic mass is 16.5. The number of aliphatic hydroxyl groups is 1. The fourth-order valence-corrected chi connectivity index (χ4v) is 2.27. The number of hydrogen-bond acceptors (Lipinski definition) is 5. The molecule has 2 aromatic rings. The summed E-state index contributed by atoms with van der Waals surface area (Å²) < 4.78 is 5.00. The molecule has 128 valence electrons. The van der Waals surface area contributed by atoms with Gasteiger partial charge in [0.15, 0.2) is 0 Å². The Bertz CT molecular complexity index is 677. The second kappa shape index (κ2) is 7.74. The lowest BCUT2D eigenvalue weighted by Gasteiger charge is -2.33. The molecular formula is C17H22N4O3. The highest BCUT2D eigenvalue weighted by molar-refractivity contribution is 5.88. The van der Waals surface area contributed by atoms with Crippen molar-refractivity contribution in [2.24, 2.45) is 5.41 Å². The number of aromatic nitrogens is 2. The Morgan fingerprint density at radius 2 is 2.00 bits per heavy atom. The molecule has 1 aromatic carbocycles. The Labute approximate surface area is 141 Å². The first-order valence-corrected chi connectivity index (χ1v) is 7.55. The molecule has 1 heterocycles. The van der Waals surface area contributed by atoms with Crippen molar-refractivity contribution in [1.82, 2.24) is 15.3 Å². The van der Waals surface area contributed by atoms with Gasteiger partial charge in [-0.1, -0.05) is 44.2 Å². The Kier molecular flexibility index (Phi) is 5.70. The van der Waals surface area contributed by atoms with Crippen molar-refractivity contribution in [2.75, 3.05) is 19.0 Å². The van der Waals surface area contributed by atoms with Gasteiger partial charge in [-0.25, -0.2) is 14.8 Å². The molecule has 2 rings (SSSR count). The summed E-state index contributed by atoms with van der Waals surface area (Å²) in [5.41, 5.74) is 0.370. The summed E-state index contributed by atoms with van der Waals surface area (Å²) >= 11 is 0. The third-order valence-corrected chi connectivity index (χ3v) is 3.69. The van der Waals surface area contributed by atoms with Gasteiger partial charge >= 0.3 is 6.03 Å². The number of urea groups is 1. The number of benzene rings is 1. The van der Waals surface area contributed by atoms with E-state index in [4.69, 9.17) is 4.74 Å². The molecule has 1 aromatic heterocycles. The second-order valence-electron chi connectivity index (χ2n) is 6.03. The van der Waals surface area contributed by atoms with Crippen LogP contribution in [0.4, 0.5) is 10.6 Å². The minimum absolute atomic E-state index is 0.0752.